The molecule has 0 aliphatic heterocycles. The van der Waals surface area contributed by atoms with Crippen LogP contribution in [0.1, 0.15) is 24.5 Å². The van der Waals surface area contributed by atoms with Gasteiger partial charge in [-0.05, 0) is 35.7 Å². The van der Waals surface area contributed by atoms with E-state index in [1.54, 1.807) is 24.3 Å². The lowest BCUT2D eigenvalue weighted by Crippen LogP contribution is -2.16. The van der Waals surface area contributed by atoms with Gasteiger partial charge in [-0.2, -0.15) is 0 Å². The number of carbonyl (C=O) groups is 2. The molecule has 2 N–H and O–H groups in total. The van der Waals surface area contributed by atoms with Crippen LogP contribution in [-0.2, 0) is 22.4 Å². The van der Waals surface area contributed by atoms with Crippen LogP contribution in [0.3, 0.4) is 0 Å². The molecule has 2 aromatic rings. The lowest BCUT2D eigenvalue weighted by molar-refractivity contribution is -0.136. The van der Waals surface area contributed by atoms with E-state index < -0.39 is 5.97 Å². The third-order valence-corrected chi connectivity index (χ3v) is 3.37. The monoisotopic (exact) mass is 327 g/mol. The molecule has 0 saturated carbocycles. The Balaban J connectivity index is 2.02. The maximum atomic E-state index is 12.2. The number of benzene rings is 2. The van der Waals surface area contributed by atoms with Gasteiger partial charge in [-0.15, -0.1) is 0 Å². The van der Waals surface area contributed by atoms with Gasteiger partial charge >= 0.3 is 5.97 Å². The minimum absolute atomic E-state index is 0.128. The van der Waals surface area contributed by atoms with Gasteiger partial charge in [0.25, 0.3) is 0 Å². The molecule has 0 aliphatic rings. The van der Waals surface area contributed by atoms with Crippen molar-refractivity contribution in [1.29, 1.82) is 0 Å². The molecule has 0 radical (unpaired) electrons. The Hall–Kier alpha value is -2.82. The zero-order valence-electron chi connectivity index (χ0n) is 13.6. The Morgan fingerprint density at radius 2 is 1.88 bits per heavy atom. The van der Waals surface area contributed by atoms with Crippen LogP contribution in [0.2, 0.25) is 0 Å². The molecule has 0 fully saturated rings. The first-order valence-corrected chi connectivity index (χ1v) is 7.89. The van der Waals surface area contributed by atoms with Crippen LogP contribution in [0, 0.1) is 0 Å². The number of hydrogen-bond donors (Lipinski definition) is 2. The molecule has 5 nitrogen and oxygen atoms in total. The van der Waals surface area contributed by atoms with E-state index in [0.717, 1.165) is 17.7 Å². The highest BCUT2D eigenvalue weighted by Gasteiger charge is 2.10. The smallest absolute Gasteiger partial charge is 0.307 e. The second-order valence-electron chi connectivity index (χ2n) is 5.45. The van der Waals surface area contributed by atoms with Crippen molar-refractivity contribution in [2.24, 2.45) is 0 Å². The van der Waals surface area contributed by atoms with Crippen molar-refractivity contribution in [1.82, 2.24) is 0 Å². The quantitative estimate of drug-likeness (QED) is 0.780. The Morgan fingerprint density at radius 1 is 1.08 bits per heavy atom. The second-order valence-corrected chi connectivity index (χ2v) is 5.45. The van der Waals surface area contributed by atoms with Crippen molar-refractivity contribution >= 4 is 17.6 Å². The highest BCUT2D eigenvalue weighted by Crippen LogP contribution is 2.18. The predicted octanol–water partition coefficient (Wildman–Crippen LogP) is 3.28. The van der Waals surface area contributed by atoms with E-state index in [9.17, 15) is 9.59 Å². The molecule has 0 spiro atoms. The van der Waals surface area contributed by atoms with Crippen LogP contribution >= 0.6 is 0 Å². The molecular formula is C19H21NO4. The third-order valence-electron chi connectivity index (χ3n) is 3.37. The zero-order chi connectivity index (χ0) is 17.4. The molecule has 0 unspecified atom stereocenters. The van der Waals surface area contributed by atoms with E-state index >= 15 is 0 Å². The highest BCUT2D eigenvalue weighted by molar-refractivity contribution is 5.93. The van der Waals surface area contributed by atoms with Gasteiger partial charge in [0.1, 0.15) is 5.75 Å². The van der Waals surface area contributed by atoms with Crippen molar-refractivity contribution in [2.75, 3.05) is 11.9 Å². The normalized spacial score (nSPS) is 10.2. The molecular weight excluding hydrogens is 306 g/mol. The van der Waals surface area contributed by atoms with Gasteiger partial charge in [0.05, 0.1) is 19.4 Å². The fourth-order valence-corrected chi connectivity index (χ4v) is 2.30. The first-order chi connectivity index (χ1) is 11.6. The molecule has 24 heavy (non-hydrogen) atoms. The number of nitrogens with one attached hydrogen (secondary N) is 1. The van der Waals surface area contributed by atoms with Gasteiger partial charge in [0.2, 0.25) is 5.91 Å². The number of aliphatic carboxylic acids is 1. The van der Waals surface area contributed by atoms with Gasteiger partial charge in [-0.25, -0.2) is 0 Å². The summed E-state index contributed by atoms with van der Waals surface area (Å²) in [6.45, 7) is 2.67. The summed E-state index contributed by atoms with van der Waals surface area (Å²) >= 11 is 0. The molecule has 1 amide bonds. The molecule has 5 heteroatoms. The maximum Gasteiger partial charge on any atom is 0.307 e. The summed E-state index contributed by atoms with van der Waals surface area (Å²) in [5.74, 6) is -0.383. The topological polar surface area (TPSA) is 75.6 Å². The summed E-state index contributed by atoms with van der Waals surface area (Å²) < 4.78 is 5.56. The van der Waals surface area contributed by atoms with Crippen molar-refractivity contribution in [2.45, 2.75) is 26.2 Å². The molecule has 0 bridgehead atoms. The summed E-state index contributed by atoms with van der Waals surface area (Å²) in [4.78, 5) is 23.1. The Kier molecular flexibility index (Phi) is 6.37. The number of rotatable bonds is 8. The molecule has 2 rings (SSSR count). The van der Waals surface area contributed by atoms with Crippen molar-refractivity contribution in [3.8, 4) is 5.75 Å². The SMILES string of the molecule is CCCOc1cccc(CC(=O)Nc2ccccc2CC(=O)O)c1. The number of para-hydroxylation sites is 1. The van der Waals surface area contributed by atoms with Gasteiger partial charge in [-0.1, -0.05) is 37.3 Å². The average Bonchev–Trinajstić information content (AvgIpc) is 2.54. The van der Waals surface area contributed by atoms with Crippen LogP contribution in [0.4, 0.5) is 5.69 Å². The van der Waals surface area contributed by atoms with E-state index in [2.05, 4.69) is 5.32 Å². The molecule has 0 atom stereocenters. The average molecular weight is 327 g/mol. The highest BCUT2D eigenvalue weighted by atomic mass is 16.5. The molecule has 2 aromatic carbocycles. The molecule has 0 saturated heterocycles. The van der Waals surface area contributed by atoms with E-state index in [-0.39, 0.29) is 18.7 Å². The minimum Gasteiger partial charge on any atom is -0.494 e. The summed E-state index contributed by atoms with van der Waals surface area (Å²) in [6.07, 6.45) is 0.993. The van der Waals surface area contributed by atoms with E-state index in [4.69, 9.17) is 9.84 Å². The standard InChI is InChI=1S/C19H21NO4/c1-2-10-24-16-8-5-6-14(11-16)12-18(21)20-17-9-4-3-7-15(17)13-19(22)23/h3-9,11H,2,10,12-13H2,1H3,(H,20,21)(H,22,23). The van der Waals surface area contributed by atoms with Crippen molar-refractivity contribution in [3.05, 3.63) is 59.7 Å². The van der Waals surface area contributed by atoms with Crippen LogP contribution in [0.15, 0.2) is 48.5 Å². The van der Waals surface area contributed by atoms with Gasteiger partial charge in [0, 0.05) is 5.69 Å². The fraction of sp³-hybridized carbons (Fsp3) is 0.263. The molecule has 0 heterocycles. The summed E-state index contributed by atoms with van der Waals surface area (Å²) in [5, 5.41) is 11.7. The number of ether oxygens (including phenoxy) is 1. The van der Waals surface area contributed by atoms with Gasteiger partial charge in [0.15, 0.2) is 0 Å². The summed E-state index contributed by atoms with van der Waals surface area (Å²) in [5.41, 5.74) is 1.96. The summed E-state index contributed by atoms with van der Waals surface area (Å²) in [6, 6.07) is 14.3. The van der Waals surface area contributed by atoms with E-state index in [1.807, 2.05) is 31.2 Å². The number of carboxylic acids is 1. The van der Waals surface area contributed by atoms with Gasteiger partial charge < -0.3 is 15.2 Å². The fourth-order valence-electron chi connectivity index (χ4n) is 2.30. The number of amides is 1. The van der Waals surface area contributed by atoms with Crippen LogP contribution in [0.25, 0.3) is 0 Å². The molecule has 0 aromatic heterocycles. The second kappa shape index (κ2) is 8.72. The van der Waals surface area contributed by atoms with Crippen molar-refractivity contribution in [3.63, 3.8) is 0 Å². The first kappa shape index (κ1) is 17.5. The molecule has 126 valence electrons. The first-order valence-electron chi connectivity index (χ1n) is 7.89. The van der Waals surface area contributed by atoms with Crippen molar-refractivity contribution < 1.29 is 19.4 Å². The largest absolute Gasteiger partial charge is 0.494 e. The number of anilines is 1. The molecule has 0 aliphatic carbocycles. The van der Waals surface area contributed by atoms with E-state index in [0.29, 0.717) is 17.9 Å². The number of carboxylic acid groups (broad SMARTS) is 1. The van der Waals surface area contributed by atoms with Crippen LogP contribution in [-0.4, -0.2) is 23.6 Å². The number of carbonyl (C=O) groups excluding carboxylic acids is 1. The third kappa shape index (κ3) is 5.43. The van der Waals surface area contributed by atoms with Crippen LogP contribution in [0.5, 0.6) is 5.75 Å². The zero-order valence-corrected chi connectivity index (χ0v) is 13.6. The number of hydrogen-bond acceptors (Lipinski definition) is 3. The Labute approximate surface area is 141 Å². The van der Waals surface area contributed by atoms with Crippen LogP contribution < -0.4 is 10.1 Å². The Morgan fingerprint density at radius 3 is 2.62 bits per heavy atom. The van der Waals surface area contributed by atoms with E-state index in [1.165, 1.54) is 0 Å². The minimum atomic E-state index is -0.933. The lowest BCUT2D eigenvalue weighted by atomic mass is 10.1. The van der Waals surface area contributed by atoms with Gasteiger partial charge in [-0.3, -0.25) is 9.59 Å². The maximum absolute atomic E-state index is 12.2. The predicted molar refractivity (Wildman–Crippen MR) is 92.3 cm³/mol. The Bertz CT molecular complexity index is 712. The summed E-state index contributed by atoms with van der Waals surface area (Å²) in [7, 11) is 0. The lowest BCUT2D eigenvalue weighted by Gasteiger charge is -2.10.